The second-order valence-corrected chi connectivity index (χ2v) is 5.83. The summed E-state index contributed by atoms with van der Waals surface area (Å²) >= 11 is 0. The van der Waals surface area contributed by atoms with Crippen LogP contribution in [0.2, 0.25) is 0 Å². The van der Waals surface area contributed by atoms with Gasteiger partial charge in [0.05, 0.1) is 11.5 Å². The van der Waals surface area contributed by atoms with Gasteiger partial charge in [-0.2, -0.15) is 0 Å². The number of carbonyl (C=O) groups is 1. The molecule has 1 atom stereocenters. The first kappa shape index (κ1) is 10.4. The quantitative estimate of drug-likeness (QED) is 0.506. The highest BCUT2D eigenvalue weighted by atomic mass is 32.2. The second-order valence-electron chi connectivity index (χ2n) is 3.60. The Hall–Kier alpha value is -0.640. The number of allylic oxidation sites excluding steroid dienone is 1. The molecule has 0 aromatic rings. The molecule has 0 amide bonds. The molecule has 1 aliphatic heterocycles. The van der Waals surface area contributed by atoms with Gasteiger partial charge in [-0.05, 0) is 30.8 Å². The van der Waals surface area contributed by atoms with Crippen LogP contribution in [-0.4, -0.2) is 26.2 Å². The van der Waals surface area contributed by atoms with Crippen molar-refractivity contribution in [3.63, 3.8) is 0 Å². The molecule has 1 unspecified atom stereocenters. The summed E-state index contributed by atoms with van der Waals surface area (Å²) in [5, 5.41) is 0. The zero-order valence-corrected chi connectivity index (χ0v) is 8.35. The third kappa shape index (κ3) is 3.30. The molecule has 1 saturated heterocycles. The van der Waals surface area contributed by atoms with Gasteiger partial charge in [0, 0.05) is 0 Å². The SMILES string of the molecule is C=C(C=O)CC1CCCS(=O)(=O)C1. The highest BCUT2D eigenvalue weighted by Crippen LogP contribution is 2.23. The molecule has 0 bridgehead atoms. The van der Waals surface area contributed by atoms with Gasteiger partial charge in [-0.25, -0.2) is 8.42 Å². The van der Waals surface area contributed by atoms with Crippen LogP contribution >= 0.6 is 0 Å². The summed E-state index contributed by atoms with van der Waals surface area (Å²) in [6, 6.07) is 0. The van der Waals surface area contributed by atoms with Crippen LogP contribution in [0.5, 0.6) is 0 Å². The van der Waals surface area contributed by atoms with Gasteiger partial charge in [0.25, 0.3) is 0 Å². The number of hydrogen-bond donors (Lipinski definition) is 0. The number of carbonyl (C=O) groups excluding carboxylic acids is 1. The second kappa shape index (κ2) is 4.05. The van der Waals surface area contributed by atoms with Gasteiger partial charge >= 0.3 is 0 Å². The maximum atomic E-state index is 11.2. The Kier molecular flexibility index (Phi) is 3.25. The first-order valence-electron chi connectivity index (χ1n) is 4.37. The third-order valence-electron chi connectivity index (χ3n) is 2.27. The minimum Gasteiger partial charge on any atom is -0.298 e. The fraction of sp³-hybridized carbons (Fsp3) is 0.667. The van der Waals surface area contributed by atoms with E-state index in [9.17, 15) is 13.2 Å². The molecule has 4 heteroatoms. The molecule has 3 nitrogen and oxygen atoms in total. The average Bonchev–Trinajstić information content (AvgIpc) is 2.02. The van der Waals surface area contributed by atoms with Gasteiger partial charge in [0.1, 0.15) is 6.29 Å². The maximum absolute atomic E-state index is 11.2. The van der Waals surface area contributed by atoms with E-state index in [1.54, 1.807) is 0 Å². The van der Waals surface area contributed by atoms with Gasteiger partial charge in [-0.15, -0.1) is 0 Å². The fourth-order valence-corrected chi connectivity index (χ4v) is 3.47. The summed E-state index contributed by atoms with van der Waals surface area (Å²) in [7, 11) is -2.84. The minimum absolute atomic E-state index is 0.108. The largest absolute Gasteiger partial charge is 0.298 e. The molecule has 0 N–H and O–H groups in total. The van der Waals surface area contributed by atoms with E-state index < -0.39 is 9.84 Å². The number of aldehydes is 1. The Morgan fingerprint density at radius 3 is 2.77 bits per heavy atom. The summed E-state index contributed by atoms with van der Waals surface area (Å²) in [5.74, 6) is 0.633. The van der Waals surface area contributed by atoms with Crippen LogP contribution in [0.1, 0.15) is 19.3 Å². The van der Waals surface area contributed by atoms with E-state index in [2.05, 4.69) is 6.58 Å². The molecule has 1 aliphatic rings. The monoisotopic (exact) mass is 202 g/mol. The van der Waals surface area contributed by atoms with Crippen LogP contribution in [0.4, 0.5) is 0 Å². The summed E-state index contributed by atoms with van der Waals surface area (Å²) in [6.45, 7) is 3.55. The normalized spacial score (nSPS) is 26.6. The Labute approximate surface area is 78.8 Å². The molecule has 0 aromatic heterocycles. The van der Waals surface area contributed by atoms with Crippen molar-refractivity contribution in [2.24, 2.45) is 5.92 Å². The lowest BCUT2D eigenvalue weighted by molar-refractivity contribution is -0.105. The molecule has 0 aromatic carbocycles. The average molecular weight is 202 g/mol. The van der Waals surface area contributed by atoms with E-state index in [1.807, 2.05) is 0 Å². The van der Waals surface area contributed by atoms with Crippen LogP contribution in [0.3, 0.4) is 0 Å². The maximum Gasteiger partial charge on any atom is 0.150 e. The first-order chi connectivity index (χ1) is 6.03. The van der Waals surface area contributed by atoms with E-state index >= 15 is 0 Å². The van der Waals surface area contributed by atoms with Crippen LogP contribution in [0.25, 0.3) is 0 Å². The molecule has 1 fully saturated rings. The van der Waals surface area contributed by atoms with Crippen LogP contribution in [0, 0.1) is 5.92 Å². The summed E-state index contributed by atoms with van der Waals surface area (Å²) in [4.78, 5) is 10.3. The van der Waals surface area contributed by atoms with Gasteiger partial charge in [0.15, 0.2) is 9.84 Å². The standard InChI is InChI=1S/C9H14O3S/c1-8(6-10)5-9-3-2-4-13(11,12)7-9/h6,9H,1-5,7H2. The third-order valence-corrected chi connectivity index (χ3v) is 4.16. The van der Waals surface area contributed by atoms with Crippen molar-refractivity contribution in [2.75, 3.05) is 11.5 Å². The Bertz CT molecular complexity index is 303. The van der Waals surface area contributed by atoms with E-state index in [0.29, 0.717) is 24.0 Å². The van der Waals surface area contributed by atoms with E-state index in [-0.39, 0.29) is 11.7 Å². The van der Waals surface area contributed by atoms with Gasteiger partial charge in [-0.1, -0.05) is 6.58 Å². The molecule has 0 spiro atoms. The van der Waals surface area contributed by atoms with Gasteiger partial charge in [0.2, 0.25) is 0 Å². The number of sulfone groups is 1. The molecule has 0 aliphatic carbocycles. The molecule has 1 heterocycles. The van der Waals surface area contributed by atoms with Crippen molar-refractivity contribution in [1.82, 2.24) is 0 Å². The highest BCUT2D eigenvalue weighted by molar-refractivity contribution is 7.91. The smallest absolute Gasteiger partial charge is 0.150 e. The summed E-state index contributed by atoms with van der Waals surface area (Å²) in [5.41, 5.74) is 0.502. The van der Waals surface area contributed by atoms with Gasteiger partial charge in [-0.3, -0.25) is 4.79 Å². The Morgan fingerprint density at radius 1 is 1.54 bits per heavy atom. The Balaban J connectivity index is 2.53. The predicted molar refractivity (Wildman–Crippen MR) is 51.2 cm³/mol. The zero-order valence-electron chi connectivity index (χ0n) is 7.53. The van der Waals surface area contributed by atoms with Gasteiger partial charge < -0.3 is 0 Å². The lowest BCUT2D eigenvalue weighted by Crippen LogP contribution is -2.25. The van der Waals surface area contributed by atoms with Crippen molar-refractivity contribution < 1.29 is 13.2 Å². The molecule has 0 radical (unpaired) electrons. The zero-order chi connectivity index (χ0) is 9.90. The van der Waals surface area contributed by atoms with E-state index in [0.717, 1.165) is 12.8 Å². The van der Waals surface area contributed by atoms with Crippen molar-refractivity contribution in [2.45, 2.75) is 19.3 Å². The molecular weight excluding hydrogens is 188 g/mol. The first-order valence-corrected chi connectivity index (χ1v) is 6.19. The lowest BCUT2D eigenvalue weighted by atomic mass is 9.98. The highest BCUT2D eigenvalue weighted by Gasteiger charge is 2.24. The Morgan fingerprint density at radius 2 is 2.23 bits per heavy atom. The lowest BCUT2D eigenvalue weighted by Gasteiger charge is -2.21. The molecule has 0 saturated carbocycles. The molecule has 74 valence electrons. The molecular formula is C9H14O3S. The van der Waals surface area contributed by atoms with Crippen molar-refractivity contribution in [1.29, 1.82) is 0 Å². The van der Waals surface area contributed by atoms with E-state index in [1.165, 1.54) is 0 Å². The minimum atomic E-state index is -2.84. The van der Waals surface area contributed by atoms with Crippen molar-refractivity contribution in [3.05, 3.63) is 12.2 Å². The van der Waals surface area contributed by atoms with Crippen molar-refractivity contribution >= 4 is 16.1 Å². The topological polar surface area (TPSA) is 51.2 Å². The fourth-order valence-electron chi connectivity index (χ4n) is 1.70. The number of hydrogen-bond acceptors (Lipinski definition) is 3. The number of rotatable bonds is 3. The van der Waals surface area contributed by atoms with Crippen LogP contribution in [-0.2, 0) is 14.6 Å². The summed E-state index contributed by atoms with van der Waals surface area (Å²) in [6.07, 6.45) is 2.86. The summed E-state index contributed by atoms with van der Waals surface area (Å²) < 4.78 is 22.4. The predicted octanol–water partition coefficient (Wildman–Crippen LogP) is 0.956. The van der Waals surface area contributed by atoms with Crippen LogP contribution in [0.15, 0.2) is 12.2 Å². The van der Waals surface area contributed by atoms with E-state index in [4.69, 9.17) is 0 Å². The molecule has 13 heavy (non-hydrogen) atoms. The van der Waals surface area contributed by atoms with Crippen molar-refractivity contribution in [3.8, 4) is 0 Å². The molecule has 1 rings (SSSR count). The van der Waals surface area contributed by atoms with Crippen LogP contribution < -0.4 is 0 Å².